The molecular weight excluding hydrogens is 977 g/mol. The minimum atomic E-state index is -1.21. The Hall–Kier alpha value is 1.65. The Morgan fingerprint density at radius 2 is 0.694 bits per heavy atom. The van der Waals surface area contributed by atoms with Crippen LogP contribution in [0.2, 0.25) is 0 Å². The standard InChI is InChI=1S/C9H20N2O2.C8H17NO2.3C2H6O2.CH4O2.2CH4O.2Er.4H2O/c10-4-6-1-7(5-11)3-8(2-6)9(12)13;9-5-6-2-1-3-7(4-6)8(10)11;3*1-2(3)4;2-1-3;2*1-2;;;;;;/h6-9,12-13H,1-5,10-11H2;6-8,10-11H,1-5,9H2;3*2-4H,1H3;2-3H,1H2;2*2H,1H3;;;4*1H2/p+4. The summed E-state index contributed by atoms with van der Waals surface area (Å²) in [4.78, 5) is 0. The smallest absolute Gasteiger partial charge is 0.154 e. The second-order valence-corrected chi connectivity index (χ2v) is 9.56. The molecule has 0 radical (unpaired) electrons. The summed E-state index contributed by atoms with van der Waals surface area (Å²) in [6, 6.07) is 0. The van der Waals surface area contributed by atoms with Gasteiger partial charge in [-0.15, -0.1) is 0 Å². The molecule has 326 valence electrons. The van der Waals surface area contributed by atoms with Gasteiger partial charge in [0.1, 0.15) is 25.7 Å². The number of hydrogen-bond acceptors (Lipinski definition) is 17. The number of rotatable bonds is 5. The van der Waals surface area contributed by atoms with Crippen LogP contribution < -0.4 is 17.2 Å². The number of hydrogen-bond donors (Lipinski definition) is 17. The van der Waals surface area contributed by atoms with Crippen molar-refractivity contribution in [2.75, 3.05) is 40.6 Å². The molecule has 4 atom stereocenters. The third-order valence-electron chi connectivity index (χ3n) is 5.61. The van der Waals surface area contributed by atoms with Gasteiger partial charge in [0.2, 0.25) is 0 Å². The number of aliphatic hydroxyl groups excluding tert-OH is 8. The molecule has 0 aromatic carbocycles. The summed E-state index contributed by atoms with van der Waals surface area (Å²) in [5.74, 6) is 1.37. The van der Waals surface area contributed by atoms with Crippen LogP contribution in [0.1, 0.15) is 65.7 Å². The maximum atomic E-state index is 9.08. The Bertz CT molecular complexity index is 466. The molecule has 0 saturated heterocycles. The normalized spacial score (nSPS) is 19.5. The molecule has 2 aliphatic carbocycles. The molecular formula is C26H79Er2N3O18+4. The summed E-state index contributed by atoms with van der Waals surface area (Å²) < 4.78 is 0. The van der Waals surface area contributed by atoms with Crippen molar-refractivity contribution in [1.29, 1.82) is 0 Å². The van der Waals surface area contributed by atoms with E-state index < -0.39 is 38.2 Å². The maximum absolute atomic E-state index is 9.08. The number of nitrogens with two attached hydrogens (primary N) is 3. The van der Waals surface area contributed by atoms with Crippen LogP contribution in [0.5, 0.6) is 0 Å². The predicted octanol–water partition coefficient (Wildman–Crippen LogP) is -8.28. The molecule has 0 aromatic heterocycles. The summed E-state index contributed by atoms with van der Waals surface area (Å²) in [6.45, 7) is 5.02. The zero-order valence-electron chi connectivity index (χ0n) is 29.4. The number of aliphatic hydroxyl groups is 14. The van der Waals surface area contributed by atoms with Crippen LogP contribution in [-0.4, -0.2) is 144 Å². The third kappa shape index (κ3) is 79.5. The Kier molecular flexibility index (Phi) is 110. The van der Waals surface area contributed by atoms with E-state index in [0.717, 1.165) is 59.2 Å². The van der Waals surface area contributed by atoms with Crippen molar-refractivity contribution in [2.24, 2.45) is 46.8 Å². The molecule has 0 aliphatic heterocycles. The third-order valence-corrected chi connectivity index (χ3v) is 5.61. The van der Waals surface area contributed by atoms with Crippen LogP contribution >= 0.6 is 0 Å². The minimum absolute atomic E-state index is 0. The van der Waals surface area contributed by atoms with Crippen LogP contribution in [0, 0.1) is 104 Å². The molecule has 32 N–H and O–H groups in total. The first-order valence-electron chi connectivity index (χ1n) is 14.0. The summed E-state index contributed by atoms with van der Waals surface area (Å²) in [5.41, 5.74) is 16.7. The van der Waals surface area contributed by atoms with Crippen molar-refractivity contribution < 1.29 is 168 Å². The van der Waals surface area contributed by atoms with E-state index in [4.69, 9.17) is 88.7 Å². The molecule has 2 aliphatic rings. The monoisotopic (exact) mass is 1050 g/mol. The van der Waals surface area contributed by atoms with E-state index in [9.17, 15) is 0 Å². The molecule has 0 spiro atoms. The Balaban J connectivity index is -0.0000000347. The van der Waals surface area contributed by atoms with Gasteiger partial charge in [-0.25, -0.2) is 0 Å². The fourth-order valence-corrected chi connectivity index (χ4v) is 4.06. The molecule has 2 saturated carbocycles. The van der Waals surface area contributed by atoms with E-state index in [0.29, 0.717) is 37.4 Å². The second-order valence-electron chi connectivity index (χ2n) is 9.56. The van der Waals surface area contributed by atoms with Crippen LogP contribution in [-0.2, 0) is 21.9 Å². The topological polar surface area (TPSA) is 493 Å². The molecule has 0 bridgehead atoms. The van der Waals surface area contributed by atoms with Crippen LogP contribution in [0.15, 0.2) is 0 Å². The first kappa shape index (κ1) is 83.6. The van der Waals surface area contributed by atoms with Gasteiger partial charge in [-0.1, -0.05) is 6.42 Å². The quantitative estimate of drug-likeness (QED) is 0.0898. The molecule has 2 fully saturated rings. The van der Waals surface area contributed by atoms with Gasteiger partial charge in [-0.05, 0) is 96.7 Å². The second kappa shape index (κ2) is 64.6. The molecule has 4 unspecified atom stereocenters. The van der Waals surface area contributed by atoms with E-state index in [1.165, 1.54) is 20.8 Å². The molecule has 23 heteroatoms. The summed E-state index contributed by atoms with van der Waals surface area (Å²) >= 11 is 0. The maximum Gasteiger partial charge on any atom is 0.154 e. The minimum Gasteiger partial charge on any atom is -0.457 e. The van der Waals surface area contributed by atoms with Crippen molar-refractivity contribution in [3.05, 3.63) is 0 Å². The molecule has 0 amide bonds. The van der Waals surface area contributed by atoms with Gasteiger partial charge in [0.25, 0.3) is 0 Å². The Labute approximate surface area is 349 Å². The van der Waals surface area contributed by atoms with E-state index in [2.05, 4.69) is 0 Å². The van der Waals surface area contributed by atoms with Gasteiger partial charge >= 0.3 is 0 Å². The van der Waals surface area contributed by atoms with Crippen molar-refractivity contribution in [1.82, 2.24) is 0 Å². The molecule has 0 aromatic rings. The molecule has 0 heterocycles. The van der Waals surface area contributed by atoms with Gasteiger partial charge in [-0.2, -0.15) is 0 Å². The van der Waals surface area contributed by atoms with Gasteiger partial charge < -0.3 is 111 Å². The average molecular weight is 1060 g/mol. The van der Waals surface area contributed by atoms with Crippen LogP contribution in [0.4, 0.5) is 0 Å². The summed E-state index contributed by atoms with van der Waals surface area (Å²) in [7, 11) is 2.00. The Morgan fingerprint density at radius 1 is 0.469 bits per heavy atom. The van der Waals surface area contributed by atoms with Crippen molar-refractivity contribution in [3.8, 4) is 0 Å². The largest absolute Gasteiger partial charge is 0.457 e. The fraction of sp³-hybridized carbons (Fsp3) is 1.00. The van der Waals surface area contributed by atoms with Crippen LogP contribution in [0.3, 0.4) is 0 Å². The Morgan fingerprint density at radius 3 is 0.898 bits per heavy atom. The fourth-order valence-electron chi connectivity index (χ4n) is 4.06. The predicted molar refractivity (Wildman–Crippen MR) is 180 cm³/mol. The van der Waals surface area contributed by atoms with Crippen LogP contribution in [0.25, 0.3) is 0 Å². The van der Waals surface area contributed by atoms with E-state index in [-0.39, 0.29) is 108 Å². The molecule has 49 heavy (non-hydrogen) atoms. The first-order valence-corrected chi connectivity index (χ1v) is 14.0. The average Bonchev–Trinajstić information content (AvgIpc) is 2.94. The van der Waals surface area contributed by atoms with Crippen molar-refractivity contribution in [2.45, 2.75) is 97.2 Å². The van der Waals surface area contributed by atoms with Gasteiger partial charge in [-0.3, -0.25) is 0 Å². The molecule has 2 rings (SSSR count). The van der Waals surface area contributed by atoms with Gasteiger partial charge in [0.15, 0.2) is 12.6 Å². The van der Waals surface area contributed by atoms with Crippen molar-refractivity contribution in [3.63, 3.8) is 0 Å². The van der Waals surface area contributed by atoms with E-state index in [1.807, 2.05) is 0 Å². The van der Waals surface area contributed by atoms with E-state index >= 15 is 0 Å². The van der Waals surface area contributed by atoms with Gasteiger partial charge in [0, 0.05) is 101 Å². The molecule has 21 nitrogen and oxygen atoms in total. The first-order chi connectivity index (χ1) is 20.0. The zero-order valence-corrected chi connectivity index (χ0v) is 33.1. The SMILES string of the molecule is CC(O)O.CC(O)O.CC(O)O.CO.CO.NCC1CC(CN)CC(C(O)O)C1.NCC1CCCC(C(O)O)C1.OCO.[Er].[Er].[OH3+].[OH3+].[OH3+].[OH3+]. The zero-order chi connectivity index (χ0) is 35.6. The van der Waals surface area contributed by atoms with Crippen molar-refractivity contribution >= 4 is 0 Å². The van der Waals surface area contributed by atoms with Gasteiger partial charge in [0.05, 0.1) is 0 Å². The van der Waals surface area contributed by atoms with E-state index in [1.54, 1.807) is 0 Å². The summed E-state index contributed by atoms with van der Waals surface area (Å²) in [5, 5.41) is 110. The summed E-state index contributed by atoms with van der Waals surface area (Å²) in [6.07, 6.45) is 0.908.